The molecule has 1 aromatic carbocycles. The van der Waals surface area contributed by atoms with Gasteiger partial charge in [-0.25, -0.2) is 4.98 Å². The number of hydrogen-bond acceptors (Lipinski definition) is 3. The number of nitrogen functional groups attached to an aromatic ring is 1. The number of H-pyrrole nitrogens is 1. The van der Waals surface area contributed by atoms with Crippen LogP contribution in [0.15, 0.2) is 18.2 Å². The monoisotopic (exact) mass is 272 g/mol. The molecule has 1 unspecified atom stereocenters. The van der Waals surface area contributed by atoms with Gasteiger partial charge in [0, 0.05) is 11.7 Å². The Morgan fingerprint density at radius 1 is 1.35 bits per heavy atom. The summed E-state index contributed by atoms with van der Waals surface area (Å²) in [6.07, 6.45) is 6.59. The first-order chi connectivity index (χ1) is 9.76. The summed E-state index contributed by atoms with van der Waals surface area (Å²) >= 11 is 0. The highest BCUT2D eigenvalue weighted by atomic mass is 15.2. The van der Waals surface area contributed by atoms with Crippen molar-refractivity contribution in [2.24, 2.45) is 0 Å². The topological polar surface area (TPSA) is 57.9 Å². The summed E-state index contributed by atoms with van der Waals surface area (Å²) in [6, 6.07) is 6.57. The van der Waals surface area contributed by atoms with E-state index in [4.69, 9.17) is 10.7 Å². The van der Waals surface area contributed by atoms with Gasteiger partial charge in [0.25, 0.3) is 0 Å². The third kappa shape index (κ3) is 2.80. The van der Waals surface area contributed by atoms with Crippen LogP contribution in [0.2, 0.25) is 0 Å². The molecule has 20 heavy (non-hydrogen) atoms. The number of fused-ring (bicyclic) bond motifs is 1. The van der Waals surface area contributed by atoms with Gasteiger partial charge >= 0.3 is 0 Å². The quantitative estimate of drug-likeness (QED) is 0.843. The second-order valence-corrected chi connectivity index (χ2v) is 5.84. The minimum Gasteiger partial charge on any atom is -0.399 e. The molecule has 1 atom stereocenters. The molecule has 4 nitrogen and oxygen atoms in total. The summed E-state index contributed by atoms with van der Waals surface area (Å²) in [7, 11) is 0. The highest BCUT2D eigenvalue weighted by Crippen LogP contribution is 2.22. The number of imidazole rings is 1. The van der Waals surface area contributed by atoms with E-state index in [9.17, 15) is 0 Å². The van der Waals surface area contributed by atoms with E-state index in [0.29, 0.717) is 6.04 Å². The van der Waals surface area contributed by atoms with Gasteiger partial charge in [0.1, 0.15) is 5.82 Å². The third-order valence-electron chi connectivity index (χ3n) is 4.38. The molecule has 0 amide bonds. The molecule has 0 aliphatic carbocycles. The summed E-state index contributed by atoms with van der Waals surface area (Å²) in [6.45, 7) is 4.41. The minimum absolute atomic E-state index is 0.704. The van der Waals surface area contributed by atoms with Crippen LogP contribution in [0.5, 0.6) is 0 Å². The van der Waals surface area contributed by atoms with Gasteiger partial charge in [0.15, 0.2) is 0 Å². The smallest absolute Gasteiger partial charge is 0.121 e. The van der Waals surface area contributed by atoms with Crippen molar-refractivity contribution in [3.05, 3.63) is 24.0 Å². The molecule has 4 heteroatoms. The van der Waals surface area contributed by atoms with Crippen LogP contribution in [-0.4, -0.2) is 27.5 Å². The Morgan fingerprint density at radius 3 is 3.10 bits per heavy atom. The predicted octanol–water partition coefficient (Wildman–Crippen LogP) is 3.30. The van der Waals surface area contributed by atoms with Crippen molar-refractivity contribution >= 4 is 16.7 Å². The van der Waals surface area contributed by atoms with Gasteiger partial charge in [0.05, 0.1) is 17.6 Å². The van der Waals surface area contributed by atoms with Crippen molar-refractivity contribution in [1.82, 2.24) is 14.9 Å². The summed E-state index contributed by atoms with van der Waals surface area (Å²) in [5, 5.41) is 0. The highest BCUT2D eigenvalue weighted by molar-refractivity contribution is 5.78. The molecule has 1 fully saturated rings. The number of anilines is 1. The van der Waals surface area contributed by atoms with E-state index in [1.54, 1.807) is 0 Å². The second kappa shape index (κ2) is 5.83. The zero-order valence-electron chi connectivity index (χ0n) is 12.2. The van der Waals surface area contributed by atoms with Crippen LogP contribution in [0.3, 0.4) is 0 Å². The molecule has 1 aromatic heterocycles. The average Bonchev–Trinajstić information content (AvgIpc) is 2.68. The lowest BCUT2D eigenvalue weighted by molar-refractivity contribution is 0.182. The standard InChI is InChI=1S/C16H24N4/c1-2-13-6-4-3-5-9-20(13)11-16-18-14-8-7-12(17)10-15(14)19-16/h7-8,10,13H,2-6,9,11,17H2,1H3,(H,18,19). The number of benzene rings is 1. The van der Waals surface area contributed by atoms with Crippen molar-refractivity contribution in [1.29, 1.82) is 0 Å². The largest absolute Gasteiger partial charge is 0.399 e. The zero-order valence-corrected chi connectivity index (χ0v) is 12.2. The maximum atomic E-state index is 5.82. The van der Waals surface area contributed by atoms with Crippen LogP contribution >= 0.6 is 0 Å². The van der Waals surface area contributed by atoms with E-state index >= 15 is 0 Å². The van der Waals surface area contributed by atoms with Crippen molar-refractivity contribution in [2.45, 2.75) is 51.6 Å². The van der Waals surface area contributed by atoms with Gasteiger partial charge in [-0.1, -0.05) is 19.8 Å². The number of aromatic nitrogens is 2. The summed E-state index contributed by atoms with van der Waals surface area (Å²) in [5.74, 6) is 1.06. The van der Waals surface area contributed by atoms with Crippen LogP contribution in [0, 0.1) is 0 Å². The second-order valence-electron chi connectivity index (χ2n) is 5.84. The highest BCUT2D eigenvalue weighted by Gasteiger charge is 2.20. The van der Waals surface area contributed by atoms with E-state index in [1.165, 1.54) is 38.6 Å². The predicted molar refractivity (Wildman–Crippen MR) is 83.5 cm³/mol. The Kier molecular flexibility index (Phi) is 3.92. The minimum atomic E-state index is 0.704. The van der Waals surface area contributed by atoms with Crippen LogP contribution in [0.25, 0.3) is 11.0 Å². The van der Waals surface area contributed by atoms with Gasteiger partial charge in [-0.3, -0.25) is 4.90 Å². The number of hydrogen-bond donors (Lipinski definition) is 2. The number of nitrogens with one attached hydrogen (secondary N) is 1. The number of nitrogens with two attached hydrogens (primary N) is 1. The van der Waals surface area contributed by atoms with Gasteiger partial charge in [-0.05, 0) is 44.0 Å². The van der Waals surface area contributed by atoms with Gasteiger partial charge in [0.2, 0.25) is 0 Å². The van der Waals surface area contributed by atoms with Crippen molar-refractivity contribution < 1.29 is 0 Å². The number of likely N-dealkylation sites (tertiary alicyclic amines) is 1. The Labute approximate surface area is 120 Å². The van der Waals surface area contributed by atoms with Gasteiger partial charge < -0.3 is 10.7 Å². The fourth-order valence-corrected chi connectivity index (χ4v) is 3.25. The van der Waals surface area contributed by atoms with Crippen LogP contribution < -0.4 is 5.73 Å². The van der Waals surface area contributed by atoms with Crippen molar-refractivity contribution in [2.75, 3.05) is 12.3 Å². The maximum absolute atomic E-state index is 5.82. The summed E-state index contributed by atoms with van der Waals surface area (Å²) in [4.78, 5) is 10.7. The van der Waals surface area contributed by atoms with Gasteiger partial charge in [-0.2, -0.15) is 0 Å². The molecule has 0 saturated carbocycles. The Balaban J connectivity index is 1.80. The molecule has 1 aliphatic rings. The first-order valence-electron chi connectivity index (χ1n) is 7.74. The number of nitrogens with zero attached hydrogens (tertiary/aromatic N) is 2. The Bertz CT molecular complexity index is 575. The number of aromatic amines is 1. The molecular weight excluding hydrogens is 248 g/mol. The molecule has 2 heterocycles. The van der Waals surface area contributed by atoms with Gasteiger partial charge in [-0.15, -0.1) is 0 Å². The van der Waals surface area contributed by atoms with E-state index in [1.807, 2.05) is 18.2 Å². The first kappa shape index (κ1) is 13.4. The number of rotatable bonds is 3. The lowest BCUT2D eigenvalue weighted by atomic mass is 10.1. The third-order valence-corrected chi connectivity index (χ3v) is 4.38. The van der Waals surface area contributed by atoms with Crippen LogP contribution in [0.1, 0.15) is 44.9 Å². The Hall–Kier alpha value is -1.55. The maximum Gasteiger partial charge on any atom is 0.121 e. The molecular formula is C16H24N4. The van der Waals surface area contributed by atoms with E-state index in [-0.39, 0.29) is 0 Å². The lowest BCUT2D eigenvalue weighted by Crippen LogP contribution is -2.34. The zero-order chi connectivity index (χ0) is 13.9. The molecule has 3 rings (SSSR count). The van der Waals surface area contributed by atoms with Crippen molar-refractivity contribution in [3.63, 3.8) is 0 Å². The van der Waals surface area contributed by atoms with Crippen molar-refractivity contribution in [3.8, 4) is 0 Å². The summed E-state index contributed by atoms with van der Waals surface area (Å²) < 4.78 is 0. The molecule has 2 aromatic rings. The normalized spacial score (nSPS) is 21.1. The fourth-order valence-electron chi connectivity index (χ4n) is 3.25. The molecule has 1 aliphatic heterocycles. The average molecular weight is 272 g/mol. The van der Waals surface area contributed by atoms with Crippen LogP contribution in [0.4, 0.5) is 5.69 Å². The molecule has 0 radical (unpaired) electrons. The molecule has 3 N–H and O–H groups in total. The summed E-state index contributed by atoms with van der Waals surface area (Å²) in [5.41, 5.74) is 8.66. The van der Waals surface area contributed by atoms with E-state index < -0.39 is 0 Å². The molecule has 1 saturated heterocycles. The lowest BCUT2D eigenvalue weighted by Gasteiger charge is -2.28. The SMILES string of the molecule is CCC1CCCCCN1Cc1nc2ccc(N)cc2[nH]1. The molecule has 108 valence electrons. The Morgan fingerprint density at radius 2 is 2.25 bits per heavy atom. The van der Waals surface area contributed by atoms with Crippen LogP contribution in [-0.2, 0) is 6.54 Å². The molecule has 0 spiro atoms. The fraction of sp³-hybridized carbons (Fsp3) is 0.562. The first-order valence-corrected chi connectivity index (χ1v) is 7.74. The van der Waals surface area contributed by atoms with E-state index in [2.05, 4.69) is 16.8 Å². The van der Waals surface area contributed by atoms with E-state index in [0.717, 1.165) is 29.1 Å². The molecule has 0 bridgehead atoms.